The predicted octanol–water partition coefficient (Wildman–Crippen LogP) is 1.10. The highest BCUT2D eigenvalue weighted by Crippen LogP contribution is 2.06. The van der Waals surface area contributed by atoms with Crippen molar-refractivity contribution in [2.45, 2.75) is 26.4 Å². The molecule has 1 aromatic heterocycles. The lowest BCUT2D eigenvalue weighted by molar-refractivity contribution is -0.119. The second kappa shape index (κ2) is 6.90. The largest absolute Gasteiger partial charge is 0.444 e. The number of amides is 2. The van der Waals surface area contributed by atoms with Crippen molar-refractivity contribution in [2.75, 3.05) is 12.0 Å². The monoisotopic (exact) mass is 301 g/mol. The second-order valence-corrected chi connectivity index (χ2v) is 5.16. The Morgan fingerprint density at radius 1 is 1.30 bits per heavy atom. The first kappa shape index (κ1) is 16.0. The average molecular weight is 302 g/mol. The molecule has 9 heteroatoms. The van der Waals surface area contributed by atoms with Crippen LogP contribution in [-0.2, 0) is 9.53 Å². The first-order valence-corrected chi connectivity index (χ1v) is 6.15. The Morgan fingerprint density at radius 3 is 2.55 bits per heavy atom. The topological polar surface area (TPSA) is 105 Å². The van der Waals surface area contributed by atoms with Gasteiger partial charge >= 0.3 is 6.09 Å². The van der Waals surface area contributed by atoms with Crippen LogP contribution in [0.5, 0.6) is 0 Å². The minimum absolute atomic E-state index is 0.233. The van der Waals surface area contributed by atoms with E-state index in [4.69, 9.17) is 16.3 Å². The van der Waals surface area contributed by atoms with E-state index in [9.17, 15) is 9.59 Å². The van der Waals surface area contributed by atoms with Crippen molar-refractivity contribution < 1.29 is 14.3 Å². The van der Waals surface area contributed by atoms with Gasteiger partial charge in [-0.3, -0.25) is 15.6 Å². The van der Waals surface area contributed by atoms with Crippen molar-refractivity contribution in [2.24, 2.45) is 0 Å². The van der Waals surface area contributed by atoms with Crippen LogP contribution in [0.1, 0.15) is 20.8 Å². The zero-order chi connectivity index (χ0) is 15.2. The van der Waals surface area contributed by atoms with E-state index in [1.54, 1.807) is 20.8 Å². The zero-order valence-electron chi connectivity index (χ0n) is 11.4. The van der Waals surface area contributed by atoms with E-state index >= 15 is 0 Å². The Kier molecular flexibility index (Phi) is 5.51. The number of hydrogen-bond donors (Lipinski definition) is 3. The number of rotatable bonds is 4. The molecule has 1 rings (SSSR count). The van der Waals surface area contributed by atoms with Crippen LogP contribution in [0.3, 0.4) is 0 Å². The zero-order valence-corrected chi connectivity index (χ0v) is 12.1. The van der Waals surface area contributed by atoms with Crippen LogP contribution in [0.25, 0.3) is 0 Å². The standard InChI is InChI=1S/C11H16ClN5O3/c1-11(2,3)20-10(19)13-6-9(18)17-16-8-5-4-7(12)14-15-8/h4-5H,6H2,1-3H3,(H,13,19)(H,15,16)(H,17,18). The molecule has 0 bridgehead atoms. The lowest BCUT2D eigenvalue weighted by atomic mass is 10.2. The number of ether oxygens (including phenoxy) is 1. The Balaban J connectivity index is 2.27. The summed E-state index contributed by atoms with van der Waals surface area (Å²) < 4.78 is 4.98. The van der Waals surface area contributed by atoms with Crippen LogP contribution < -0.4 is 16.2 Å². The van der Waals surface area contributed by atoms with Crippen molar-refractivity contribution >= 4 is 29.4 Å². The number of carbonyl (C=O) groups excluding carboxylic acids is 2. The maximum absolute atomic E-state index is 11.4. The molecule has 110 valence electrons. The normalized spacial score (nSPS) is 10.6. The van der Waals surface area contributed by atoms with E-state index in [2.05, 4.69) is 26.4 Å². The molecule has 0 saturated heterocycles. The minimum atomic E-state index is -0.668. The van der Waals surface area contributed by atoms with Crippen molar-refractivity contribution in [3.63, 3.8) is 0 Å². The summed E-state index contributed by atoms with van der Waals surface area (Å²) in [5, 5.41) is 9.82. The molecular formula is C11H16ClN5O3. The van der Waals surface area contributed by atoms with Crippen molar-refractivity contribution in [1.82, 2.24) is 20.9 Å². The predicted molar refractivity (Wildman–Crippen MR) is 73.0 cm³/mol. The van der Waals surface area contributed by atoms with Gasteiger partial charge in [-0.1, -0.05) is 11.6 Å². The molecule has 0 aliphatic carbocycles. The van der Waals surface area contributed by atoms with Crippen LogP contribution in [0, 0.1) is 0 Å². The SMILES string of the molecule is CC(C)(C)OC(=O)NCC(=O)NNc1ccc(Cl)nn1. The number of aromatic nitrogens is 2. The number of halogens is 1. The third-order valence-corrected chi connectivity index (χ3v) is 1.96. The van der Waals surface area contributed by atoms with Gasteiger partial charge in [0.25, 0.3) is 5.91 Å². The maximum Gasteiger partial charge on any atom is 0.408 e. The summed E-state index contributed by atoms with van der Waals surface area (Å²) in [4.78, 5) is 22.7. The third kappa shape index (κ3) is 6.74. The summed E-state index contributed by atoms with van der Waals surface area (Å²) in [5.41, 5.74) is 4.24. The first-order chi connectivity index (χ1) is 9.26. The van der Waals surface area contributed by atoms with E-state index in [1.807, 2.05) is 0 Å². The number of anilines is 1. The molecule has 8 nitrogen and oxygen atoms in total. The van der Waals surface area contributed by atoms with Gasteiger partial charge in [0.2, 0.25) is 0 Å². The highest BCUT2D eigenvalue weighted by molar-refractivity contribution is 6.29. The minimum Gasteiger partial charge on any atom is -0.444 e. The molecule has 0 spiro atoms. The average Bonchev–Trinajstić information content (AvgIpc) is 2.33. The molecule has 0 aliphatic rings. The van der Waals surface area contributed by atoms with Crippen LogP contribution in [-0.4, -0.2) is 34.3 Å². The number of hydrazine groups is 1. The summed E-state index contributed by atoms with van der Waals surface area (Å²) in [7, 11) is 0. The van der Waals surface area contributed by atoms with Gasteiger partial charge in [0.1, 0.15) is 12.1 Å². The van der Waals surface area contributed by atoms with Gasteiger partial charge in [0.05, 0.1) is 0 Å². The molecule has 1 aromatic rings. The van der Waals surface area contributed by atoms with Gasteiger partial charge in [-0.2, -0.15) is 0 Å². The van der Waals surface area contributed by atoms with E-state index in [-0.39, 0.29) is 11.7 Å². The van der Waals surface area contributed by atoms with Crippen molar-refractivity contribution in [3.05, 3.63) is 17.3 Å². The fourth-order valence-corrected chi connectivity index (χ4v) is 1.13. The Morgan fingerprint density at radius 2 is 2.00 bits per heavy atom. The molecule has 0 aromatic carbocycles. The van der Waals surface area contributed by atoms with Crippen LogP contribution >= 0.6 is 11.6 Å². The fourth-order valence-electron chi connectivity index (χ4n) is 1.03. The molecule has 0 fully saturated rings. The highest BCUT2D eigenvalue weighted by atomic mass is 35.5. The van der Waals surface area contributed by atoms with E-state index in [0.29, 0.717) is 5.82 Å². The summed E-state index contributed by atoms with van der Waals surface area (Å²) in [5.74, 6) is -0.146. The van der Waals surface area contributed by atoms with Crippen LogP contribution in [0.15, 0.2) is 12.1 Å². The van der Waals surface area contributed by atoms with Crippen molar-refractivity contribution in [1.29, 1.82) is 0 Å². The van der Waals surface area contributed by atoms with E-state index in [0.717, 1.165) is 0 Å². The second-order valence-electron chi connectivity index (χ2n) is 4.77. The van der Waals surface area contributed by atoms with E-state index in [1.165, 1.54) is 12.1 Å². The molecule has 2 amide bonds. The van der Waals surface area contributed by atoms with Crippen LogP contribution in [0.4, 0.5) is 10.6 Å². The van der Waals surface area contributed by atoms with Gasteiger partial charge in [0, 0.05) is 0 Å². The number of nitrogens with zero attached hydrogens (tertiary/aromatic N) is 2. The van der Waals surface area contributed by atoms with Gasteiger partial charge in [-0.25, -0.2) is 4.79 Å². The molecule has 0 atom stereocenters. The molecular weight excluding hydrogens is 286 g/mol. The number of nitrogens with one attached hydrogen (secondary N) is 3. The van der Waals surface area contributed by atoms with Crippen molar-refractivity contribution in [3.8, 4) is 0 Å². The van der Waals surface area contributed by atoms with Gasteiger partial charge < -0.3 is 10.1 Å². The summed E-state index contributed by atoms with van der Waals surface area (Å²) >= 11 is 5.56. The smallest absolute Gasteiger partial charge is 0.408 e. The van der Waals surface area contributed by atoms with E-state index < -0.39 is 17.6 Å². The molecule has 3 N–H and O–H groups in total. The summed E-state index contributed by atoms with van der Waals surface area (Å²) in [6.45, 7) is 4.96. The molecule has 20 heavy (non-hydrogen) atoms. The van der Waals surface area contributed by atoms with Gasteiger partial charge in [-0.15, -0.1) is 10.2 Å². The highest BCUT2D eigenvalue weighted by Gasteiger charge is 2.16. The Labute approximate surface area is 121 Å². The van der Waals surface area contributed by atoms with Crippen LogP contribution in [0.2, 0.25) is 5.15 Å². The lowest BCUT2D eigenvalue weighted by Gasteiger charge is -2.19. The summed E-state index contributed by atoms with van der Waals surface area (Å²) in [6.07, 6.45) is -0.668. The molecule has 0 unspecified atom stereocenters. The van der Waals surface area contributed by atoms with Gasteiger partial charge in [0.15, 0.2) is 11.0 Å². The first-order valence-electron chi connectivity index (χ1n) is 5.77. The molecule has 1 heterocycles. The number of hydrogen-bond acceptors (Lipinski definition) is 6. The number of alkyl carbamates (subject to hydrolysis) is 1. The lowest BCUT2D eigenvalue weighted by Crippen LogP contribution is -2.41. The Hall–Kier alpha value is -2.09. The third-order valence-electron chi connectivity index (χ3n) is 1.75. The maximum atomic E-state index is 11.4. The van der Waals surface area contributed by atoms with Gasteiger partial charge in [-0.05, 0) is 32.9 Å². The fraction of sp³-hybridized carbons (Fsp3) is 0.455. The molecule has 0 aliphatic heterocycles. The summed E-state index contributed by atoms with van der Waals surface area (Å²) in [6, 6.07) is 3.05. The molecule has 0 radical (unpaired) electrons. The molecule has 0 saturated carbocycles. The quantitative estimate of drug-likeness (QED) is 0.719. The number of carbonyl (C=O) groups is 2. The Bertz CT molecular complexity index is 472.